The van der Waals surface area contributed by atoms with Crippen molar-refractivity contribution in [2.45, 2.75) is 40.5 Å². The van der Waals surface area contributed by atoms with Gasteiger partial charge in [0.2, 0.25) is 0 Å². The van der Waals surface area contributed by atoms with Crippen LogP contribution < -0.4 is 0 Å². The molecule has 0 bridgehead atoms. The van der Waals surface area contributed by atoms with Crippen LogP contribution in [0.5, 0.6) is 0 Å². The van der Waals surface area contributed by atoms with Crippen molar-refractivity contribution in [2.24, 2.45) is 11.8 Å². The topological polar surface area (TPSA) is 57.4 Å². The molecule has 0 saturated carbocycles. The van der Waals surface area contributed by atoms with Crippen molar-refractivity contribution in [3.05, 3.63) is 36.4 Å². The minimum atomic E-state index is 0. The van der Waals surface area contributed by atoms with E-state index < -0.39 is 0 Å². The van der Waals surface area contributed by atoms with Crippen molar-refractivity contribution in [2.75, 3.05) is 0 Å². The first-order valence-electron chi connectivity index (χ1n) is 6.54. The zero-order valence-electron chi connectivity index (χ0n) is 12.6. The summed E-state index contributed by atoms with van der Waals surface area (Å²) >= 11 is 0. The third-order valence-electron chi connectivity index (χ3n) is 2.31. The fourth-order valence-corrected chi connectivity index (χ4v) is 1.59. The molecule has 2 aromatic rings. The molecule has 2 aromatic heterocycles. The summed E-state index contributed by atoms with van der Waals surface area (Å²) in [7, 11) is 0. The Labute approximate surface area is 134 Å². The average Bonchev–Trinajstić information content (AvgIpc) is 2.90. The van der Waals surface area contributed by atoms with Crippen LogP contribution in [0.2, 0.25) is 0 Å². The van der Waals surface area contributed by atoms with Crippen LogP contribution in [-0.4, -0.2) is 19.9 Å². The van der Waals surface area contributed by atoms with Gasteiger partial charge in [0.25, 0.3) is 0 Å². The van der Waals surface area contributed by atoms with Crippen LogP contribution in [0.15, 0.2) is 24.8 Å². The Bertz CT molecular complexity index is 356. The van der Waals surface area contributed by atoms with Gasteiger partial charge in [-0.3, -0.25) is 0 Å². The summed E-state index contributed by atoms with van der Waals surface area (Å²) in [5.41, 5.74) is 0. The van der Waals surface area contributed by atoms with E-state index in [-0.39, 0.29) is 24.8 Å². The second-order valence-corrected chi connectivity index (χ2v) is 5.27. The number of imidazole rings is 2. The zero-order chi connectivity index (χ0) is 13.4. The first-order valence-corrected chi connectivity index (χ1v) is 6.54. The Morgan fingerprint density at radius 3 is 1.35 bits per heavy atom. The molecule has 0 aliphatic heterocycles. The van der Waals surface area contributed by atoms with Crippen LogP contribution in [0.1, 0.15) is 39.3 Å². The second kappa shape index (κ2) is 11.8. The lowest BCUT2D eigenvalue weighted by Gasteiger charge is -1.98. The van der Waals surface area contributed by atoms with Gasteiger partial charge in [-0.2, -0.15) is 0 Å². The van der Waals surface area contributed by atoms with Gasteiger partial charge in [-0.25, -0.2) is 9.97 Å². The number of aromatic amines is 2. The highest BCUT2D eigenvalue weighted by molar-refractivity contribution is 5.85. The van der Waals surface area contributed by atoms with E-state index in [4.69, 9.17) is 0 Å². The standard InChI is InChI=1S/2C7H12N2.2ClH/c2*1-6(2)5-7-8-3-4-9-7;;/h2*3-4,6H,5H2,1-2H3,(H,8,9);2*1H. The molecule has 2 heterocycles. The fourth-order valence-electron chi connectivity index (χ4n) is 1.59. The average molecular weight is 321 g/mol. The lowest BCUT2D eigenvalue weighted by atomic mass is 10.1. The van der Waals surface area contributed by atoms with Gasteiger partial charge >= 0.3 is 0 Å². The lowest BCUT2D eigenvalue weighted by molar-refractivity contribution is 0.625. The zero-order valence-corrected chi connectivity index (χ0v) is 14.2. The fraction of sp³-hybridized carbons (Fsp3) is 0.571. The first-order chi connectivity index (χ1) is 8.58. The van der Waals surface area contributed by atoms with E-state index in [2.05, 4.69) is 47.6 Å². The van der Waals surface area contributed by atoms with Gasteiger partial charge in [0, 0.05) is 37.6 Å². The summed E-state index contributed by atoms with van der Waals surface area (Å²) in [5.74, 6) is 3.56. The van der Waals surface area contributed by atoms with Gasteiger partial charge in [0.15, 0.2) is 0 Å². The second-order valence-electron chi connectivity index (χ2n) is 5.27. The number of nitrogens with one attached hydrogen (secondary N) is 2. The van der Waals surface area contributed by atoms with Crippen molar-refractivity contribution in [1.82, 2.24) is 19.9 Å². The molecule has 0 aliphatic carbocycles. The molecule has 0 aromatic carbocycles. The Morgan fingerprint density at radius 1 is 0.800 bits per heavy atom. The number of aromatic nitrogens is 4. The molecule has 0 radical (unpaired) electrons. The number of nitrogens with zero attached hydrogens (tertiary/aromatic N) is 2. The molecule has 20 heavy (non-hydrogen) atoms. The van der Waals surface area contributed by atoms with Gasteiger partial charge in [-0.05, 0) is 11.8 Å². The highest BCUT2D eigenvalue weighted by Gasteiger charge is 1.97. The van der Waals surface area contributed by atoms with Crippen LogP contribution in [0.3, 0.4) is 0 Å². The van der Waals surface area contributed by atoms with Crippen LogP contribution in [-0.2, 0) is 12.8 Å². The van der Waals surface area contributed by atoms with Crippen LogP contribution in [0.25, 0.3) is 0 Å². The van der Waals surface area contributed by atoms with Crippen molar-refractivity contribution < 1.29 is 0 Å². The first kappa shape index (κ1) is 21.3. The maximum atomic E-state index is 4.10. The van der Waals surface area contributed by atoms with E-state index in [0.717, 1.165) is 24.5 Å². The normalized spacial score (nSPS) is 9.50. The molecular formula is C14H26Cl2N4. The van der Waals surface area contributed by atoms with E-state index in [9.17, 15) is 0 Å². The Kier molecular flexibility index (Phi) is 12.6. The van der Waals surface area contributed by atoms with E-state index in [1.165, 1.54) is 0 Å². The van der Waals surface area contributed by atoms with Crippen molar-refractivity contribution in [1.29, 1.82) is 0 Å². The van der Waals surface area contributed by atoms with Gasteiger partial charge in [-0.15, -0.1) is 24.8 Å². The Morgan fingerprint density at radius 2 is 1.15 bits per heavy atom. The molecule has 0 saturated heterocycles. The number of hydrogen-bond acceptors (Lipinski definition) is 2. The van der Waals surface area contributed by atoms with E-state index in [1.54, 1.807) is 12.4 Å². The van der Waals surface area contributed by atoms with Crippen molar-refractivity contribution in [3.63, 3.8) is 0 Å². The summed E-state index contributed by atoms with van der Waals surface area (Å²) < 4.78 is 0. The third-order valence-corrected chi connectivity index (χ3v) is 2.31. The van der Waals surface area contributed by atoms with Crippen LogP contribution in [0.4, 0.5) is 0 Å². The molecule has 2 N–H and O–H groups in total. The maximum Gasteiger partial charge on any atom is 0.106 e. The molecule has 116 valence electrons. The van der Waals surface area contributed by atoms with Gasteiger partial charge in [-0.1, -0.05) is 27.7 Å². The minimum absolute atomic E-state index is 0. The molecule has 2 rings (SSSR count). The number of halogens is 2. The van der Waals surface area contributed by atoms with Crippen molar-refractivity contribution in [3.8, 4) is 0 Å². The summed E-state index contributed by atoms with van der Waals surface area (Å²) in [6, 6.07) is 0. The van der Waals surface area contributed by atoms with Crippen LogP contribution in [0, 0.1) is 11.8 Å². The molecule has 6 heteroatoms. The molecule has 0 fully saturated rings. The van der Waals surface area contributed by atoms with Gasteiger partial charge < -0.3 is 9.97 Å². The quantitative estimate of drug-likeness (QED) is 0.892. The number of hydrogen-bond donors (Lipinski definition) is 2. The molecular weight excluding hydrogens is 295 g/mol. The molecule has 0 unspecified atom stereocenters. The number of H-pyrrole nitrogens is 2. The van der Waals surface area contributed by atoms with Gasteiger partial charge in [0.1, 0.15) is 11.6 Å². The SMILES string of the molecule is CC(C)Cc1ncc[nH]1.CC(C)Cc1ncc[nH]1.Cl.Cl. The van der Waals surface area contributed by atoms with E-state index >= 15 is 0 Å². The predicted octanol–water partition coefficient (Wildman–Crippen LogP) is 4.06. The van der Waals surface area contributed by atoms with Crippen LogP contribution >= 0.6 is 24.8 Å². The molecule has 0 spiro atoms. The van der Waals surface area contributed by atoms with E-state index in [1.807, 2.05) is 12.4 Å². The summed E-state index contributed by atoms with van der Waals surface area (Å²) in [6.07, 6.45) is 9.39. The molecule has 0 atom stereocenters. The monoisotopic (exact) mass is 320 g/mol. The predicted molar refractivity (Wildman–Crippen MR) is 88.8 cm³/mol. The maximum absolute atomic E-state index is 4.10. The smallest absolute Gasteiger partial charge is 0.106 e. The van der Waals surface area contributed by atoms with Gasteiger partial charge in [0.05, 0.1) is 0 Å². The summed E-state index contributed by atoms with van der Waals surface area (Å²) in [6.45, 7) is 8.73. The highest BCUT2D eigenvalue weighted by atomic mass is 35.5. The van der Waals surface area contributed by atoms with E-state index in [0.29, 0.717) is 11.8 Å². The lowest BCUT2D eigenvalue weighted by Crippen LogP contribution is -1.95. The largest absolute Gasteiger partial charge is 0.349 e. The summed E-state index contributed by atoms with van der Waals surface area (Å²) in [4.78, 5) is 14.3. The Balaban J connectivity index is 0. The number of rotatable bonds is 4. The molecule has 4 nitrogen and oxygen atoms in total. The van der Waals surface area contributed by atoms with Crippen molar-refractivity contribution >= 4 is 24.8 Å². The highest BCUT2D eigenvalue weighted by Crippen LogP contribution is 2.01. The molecule has 0 amide bonds. The minimum Gasteiger partial charge on any atom is -0.349 e. The third kappa shape index (κ3) is 9.87. The Hall–Kier alpha value is -1.000. The summed E-state index contributed by atoms with van der Waals surface area (Å²) in [5, 5.41) is 0. The molecule has 0 aliphatic rings.